The number of hydrogen-bond donors (Lipinski definition) is 1. The number of ketones is 1. The van der Waals surface area contributed by atoms with Crippen molar-refractivity contribution in [1.82, 2.24) is 10.2 Å². The molecule has 9 nitrogen and oxygen atoms in total. The number of aliphatic hydroxyl groups excluding tert-OH is 1. The lowest BCUT2D eigenvalue weighted by Crippen LogP contribution is -2.31. The Labute approximate surface area is 250 Å². The highest BCUT2D eigenvalue weighted by atomic mass is 32.2. The van der Waals surface area contributed by atoms with E-state index in [1.54, 1.807) is 42.5 Å². The van der Waals surface area contributed by atoms with Crippen LogP contribution in [0.3, 0.4) is 0 Å². The summed E-state index contributed by atoms with van der Waals surface area (Å²) >= 11 is 2.36. The molecule has 2 aromatic carbocycles. The maximum atomic E-state index is 14.1. The van der Waals surface area contributed by atoms with Crippen LogP contribution < -0.4 is 14.4 Å². The number of unbranched alkanes of at least 4 members (excludes halogenated alkanes) is 2. The van der Waals surface area contributed by atoms with E-state index < -0.39 is 23.5 Å². The minimum absolute atomic E-state index is 0.0301. The summed E-state index contributed by atoms with van der Waals surface area (Å²) < 4.78 is 31.4. The van der Waals surface area contributed by atoms with Crippen LogP contribution in [0.1, 0.15) is 53.9 Å². The maximum Gasteiger partial charge on any atom is 0.296 e. The molecule has 1 aliphatic rings. The van der Waals surface area contributed by atoms with E-state index in [1.807, 2.05) is 0 Å². The van der Waals surface area contributed by atoms with Gasteiger partial charge in [-0.05, 0) is 47.9 Å². The average Bonchev–Trinajstić information content (AvgIpc) is 3.76. The monoisotopic (exact) mass is 609 g/mol. The number of benzene rings is 2. The third-order valence-electron chi connectivity index (χ3n) is 6.62. The van der Waals surface area contributed by atoms with Crippen LogP contribution in [-0.2, 0) is 10.5 Å². The third-order valence-corrected chi connectivity index (χ3v) is 8.72. The number of aliphatic hydroxyl groups is 1. The fourth-order valence-electron chi connectivity index (χ4n) is 4.51. The molecule has 1 aliphatic heterocycles. The van der Waals surface area contributed by atoms with Crippen LogP contribution in [0.4, 0.5) is 9.52 Å². The topological polar surface area (TPSA) is 115 Å². The zero-order valence-corrected chi connectivity index (χ0v) is 24.5. The molecule has 0 saturated heterocycles. The van der Waals surface area contributed by atoms with Crippen LogP contribution >= 0.6 is 23.1 Å². The van der Waals surface area contributed by atoms with Gasteiger partial charge in [-0.3, -0.25) is 14.5 Å². The van der Waals surface area contributed by atoms with E-state index in [0.717, 1.165) is 30.6 Å². The first-order valence-electron chi connectivity index (χ1n) is 13.3. The van der Waals surface area contributed by atoms with Gasteiger partial charge >= 0.3 is 0 Å². The van der Waals surface area contributed by atoms with Crippen LogP contribution in [0.5, 0.6) is 11.5 Å². The van der Waals surface area contributed by atoms with Crippen molar-refractivity contribution in [1.29, 1.82) is 0 Å². The second kappa shape index (κ2) is 13.2. The van der Waals surface area contributed by atoms with E-state index in [-0.39, 0.29) is 22.3 Å². The second-order valence-electron chi connectivity index (χ2n) is 9.34. The second-order valence-corrected chi connectivity index (χ2v) is 11.5. The van der Waals surface area contributed by atoms with Gasteiger partial charge in [-0.1, -0.05) is 67.1 Å². The first-order chi connectivity index (χ1) is 20.4. The summed E-state index contributed by atoms with van der Waals surface area (Å²) in [4.78, 5) is 28.2. The first kappa shape index (κ1) is 29.3. The number of aromatic nitrogens is 2. The highest BCUT2D eigenvalue weighted by Crippen LogP contribution is 2.45. The van der Waals surface area contributed by atoms with Gasteiger partial charge in [0.2, 0.25) is 10.9 Å². The number of halogens is 1. The summed E-state index contributed by atoms with van der Waals surface area (Å²) in [5.41, 5.74) is 0.823. The van der Waals surface area contributed by atoms with E-state index in [2.05, 4.69) is 17.1 Å². The van der Waals surface area contributed by atoms with E-state index in [0.29, 0.717) is 39.3 Å². The van der Waals surface area contributed by atoms with Crippen molar-refractivity contribution in [2.75, 3.05) is 18.6 Å². The van der Waals surface area contributed by atoms with E-state index in [9.17, 15) is 19.1 Å². The highest BCUT2D eigenvalue weighted by molar-refractivity contribution is 8.00. The largest absolute Gasteiger partial charge is 0.503 e. The SMILES string of the molecule is CCCCCOc1ccc(C2C(C(=O)c3ccco3)=C(O)C(=O)N2c2nnc(SCc3ccccc3F)s2)cc1OC. The molecule has 0 saturated carbocycles. The molecule has 0 spiro atoms. The van der Waals surface area contributed by atoms with Gasteiger partial charge in [0, 0.05) is 5.75 Å². The Bertz CT molecular complexity index is 1600. The Morgan fingerprint density at radius 1 is 1.14 bits per heavy atom. The molecule has 42 heavy (non-hydrogen) atoms. The number of amides is 1. The molecule has 1 unspecified atom stereocenters. The van der Waals surface area contributed by atoms with Crippen molar-refractivity contribution in [2.24, 2.45) is 0 Å². The summed E-state index contributed by atoms with van der Waals surface area (Å²) in [5.74, 6) is -1.29. The quantitative estimate of drug-likeness (QED) is 0.0746. The van der Waals surface area contributed by atoms with Crippen LogP contribution in [0.2, 0.25) is 0 Å². The van der Waals surface area contributed by atoms with Crippen molar-refractivity contribution in [2.45, 2.75) is 42.3 Å². The van der Waals surface area contributed by atoms with E-state index >= 15 is 0 Å². The van der Waals surface area contributed by atoms with Crippen molar-refractivity contribution in [3.05, 3.63) is 94.9 Å². The van der Waals surface area contributed by atoms with Crippen molar-refractivity contribution in [3.8, 4) is 11.5 Å². The average molecular weight is 610 g/mol. The van der Waals surface area contributed by atoms with Crippen molar-refractivity contribution in [3.63, 3.8) is 0 Å². The normalized spacial score (nSPS) is 15.0. The number of rotatable bonds is 13. The minimum atomic E-state index is -1.06. The van der Waals surface area contributed by atoms with Gasteiger partial charge < -0.3 is 19.0 Å². The molecule has 0 bridgehead atoms. The zero-order chi connectivity index (χ0) is 29.6. The summed E-state index contributed by atoms with van der Waals surface area (Å²) in [6.07, 6.45) is 4.32. The number of Topliss-reactive ketones (excluding diaryl/α,β-unsaturated/α-hetero) is 1. The van der Waals surface area contributed by atoms with E-state index in [1.165, 1.54) is 42.2 Å². The number of furan rings is 1. The minimum Gasteiger partial charge on any atom is -0.503 e. The smallest absolute Gasteiger partial charge is 0.296 e. The van der Waals surface area contributed by atoms with Crippen molar-refractivity contribution < 1.29 is 33.0 Å². The number of anilines is 1. The number of ether oxygens (including phenoxy) is 2. The van der Waals surface area contributed by atoms with Crippen LogP contribution in [-0.4, -0.2) is 40.7 Å². The molecule has 12 heteroatoms. The molecule has 0 fully saturated rings. The number of nitrogens with zero attached hydrogens (tertiary/aromatic N) is 3. The van der Waals surface area contributed by atoms with Gasteiger partial charge in [-0.15, -0.1) is 10.2 Å². The summed E-state index contributed by atoms with van der Waals surface area (Å²) in [6.45, 7) is 2.62. The number of carbonyl (C=O) groups excluding carboxylic acids is 2. The lowest BCUT2D eigenvalue weighted by atomic mass is 9.95. The zero-order valence-electron chi connectivity index (χ0n) is 22.9. The molecule has 2 aromatic heterocycles. The van der Waals surface area contributed by atoms with Crippen LogP contribution in [0, 0.1) is 5.82 Å². The Hall–Kier alpha value is -4.16. The number of methoxy groups -OCH3 is 1. The van der Waals surface area contributed by atoms with Gasteiger partial charge in [0.25, 0.3) is 5.91 Å². The first-order valence-corrected chi connectivity index (χ1v) is 15.1. The summed E-state index contributed by atoms with van der Waals surface area (Å²) in [6, 6.07) is 13.5. The molecule has 1 atom stereocenters. The molecule has 1 amide bonds. The fourth-order valence-corrected chi connectivity index (χ4v) is 6.37. The summed E-state index contributed by atoms with van der Waals surface area (Å²) in [7, 11) is 1.50. The highest BCUT2D eigenvalue weighted by Gasteiger charge is 2.47. The molecule has 5 rings (SSSR count). The molecule has 218 valence electrons. The molecule has 1 N–H and O–H groups in total. The van der Waals surface area contributed by atoms with Gasteiger partial charge in [0.15, 0.2) is 27.4 Å². The molecule has 0 radical (unpaired) electrons. The predicted molar refractivity (Wildman–Crippen MR) is 157 cm³/mol. The number of carbonyl (C=O) groups is 2. The molecule has 4 aromatic rings. The summed E-state index contributed by atoms with van der Waals surface area (Å²) in [5, 5.41) is 19.5. The molecular weight excluding hydrogens is 581 g/mol. The van der Waals surface area contributed by atoms with E-state index in [4.69, 9.17) is 13.9 Å². The maximum absolute atomic E-state index is 14.1. The lowest BCUT2D eigenvalue weighted by molar-refractivity contribution is -0.117. The third kappa shape index (κ3) is 6.04. The van der Waals surface area contributed by atoms with Crippen LogP contribution in [0.15, 0.2) is 80.9 Å². The number of thioether (sulfide) groups is 1. The fraction of sp³-hybridized carbons (Fsp3) is 0.267. The Kier molecular flexibility index (Phi) is 9.23. The molecule has 3 heterocycles. The van der Waals surface area contributed by atoms with Gasteiger partial charge in [0.1, 0.15) is 5.82 Å². The number of hydrogen-bond acceptors (Lipinski definition) is 10. The Morgan fingerprint density at radius 2 is 1.98 bits per heavy atom. The standard InChI is InChI=1S/C30H28FN3O6S2/c1-3-4-7-14-39-21-13-12-18(16-23(21)38-2)25-24(26(35)22-11-8-15-40-22)27(36)28(37)34(25)29-32-33-30(42-29)41-17-19-9-5-6-10-20(19)31/h5-6,8-13,15-16,25,36H,3-4,7,14,17H2,1-2H3. The van der Waals surface area contributed by atoms with Gasteiger partial charge in [-0.2, -0.15) is 0 Å². The Morgan fingerprint density at radius 3 is 2.71 bits per heavy atom. The molecule has 0 aliphatic carbocycles. The molecular formula is C30H28FN3O6S2. The van der Waals surface area contributed by atoms with Gasteiger partial charge in [0.05, 0.1) is 31.6 Å². The van der Waals surface area contributed by atoms with Crippen LogP contribution in [0.25, 0.3) is 0 Å². The predicted octanol–water partition coefficient (Wildman–Crippen LogP) is 6.92. The van der Waals surface area contributed by atoms with Gasteiger partial charge in [-0.25, -0.2) is 4.39 Å². The lowest BCUT2D eigenvalue weighted by Gasteiger charge is -2.24. The Balaban J connectivity index is 1.49. The van der Waals surface area contributed by atoms with Crippen molar-refractivity contribution >= 4 is 39.9 Å².